The molecular formula is C7H14NP. The third-order valence-electron chi connectivity index (χ3n) is 2.78. The van der Waals surface area contributed by atoms with Crippen molar-refractivity contribution in [2.45, 2.75) is 24.4 Å². The van der Waals surface area contributed by atoms with Crippen molar-refractivity contribution in [2.75, 3.05) is 19.6 Å². The van der Waals surface area contributed by atoms with Gasteiger partial charge in [0, 0.05) is 0 Å². The molecule has 0 saturated carbocycles. The van der Waals surface area contributed by atoms with E-state index in [9.17, 15) is 0 Å². The molecular weight excluding hydrogens is 129 g/mol. The second kappa shape index (κ2) is 1.93. The Morgan fingerprint density at radius 2 is 1.44 bits per heavy atom. The number of piperidine rings is 3. The molecule has 0 aliphatic carbocycles. The summed E-state index contributed by atoms with van der Waals surface area (Å²) in [6.07, 6.45) is 4.24. The van der Waals surface area contributed by atoms with Crippen molar-refractivity contribution >= 4 is 9.24 Å². The van der Waals surface area contributed by atoms with Gasteiger partial charge in [0.05, 0.1) is 0 Å². The molecule has 0 aromatic rings. The Labute approximate surface area is 59.0 Å². The van der Waals surface area contributed by atoms with Gasteiger partial charge in [0.25, 0.3) is 0 Å². The zero-order valence-electron chi connectivity index (χ0n) is 5.77. The number of rotatable bonds is 0. The predicted molar refractivity (Wildman–Crippen MR) is 42.7 cm³/mol. The maximum Gasteiger partial charge on any atom is -0.00102 e. The van der Waals surface area contributed by atoms with Gasteiger partial charge in [-0.1, -0.05) is 0 Å². The fourth-order valence-electron chi connectivity index (χ4n) is 1.85. The average Bonchev–Trinajstić information content (AvgIpc) is 1.90. The summed E-state index contributed by atoms with van der Waals surface area (Å²) in [7, 11) is 3.05. The lowest BCUT2D eigenvalue weighted by Gasteiger charge is -2.46. The first-order chi connectivity index (χ1) is 4.29. The van der Waals surface area contributed by atoms with E-state index < -0.39 is 0 Å². The fraction of sp³-hybridized carbons (Fsp3) is 1.00. The fourth-order valence-corrected chi connectivity index (χ4v) is 2.24. The Balaban J connectivity index is 2.11. The van der Waals surface area contributed by atoms with Crippen molar-refractivity contribution < 1.29 is 0 Å². The van der Waals surface area contributed by atoms with E-state index in [4.69, 9.17) is 0 Å². The minimum atomic E-state index is 0.661. The zero-order chi connectivity index (χ0) is 6.32. The molecule has 3 heterocycles. The van der Waals surface area contributed by atoms with Gasteiger partial charge in [-0.25, -0.2) is 0 Å². The quantitative estimate of drug-likeness (QED) is 0.459. The van der Waals surface area contributed by atoms with Gasteiger partial charge < -0.3 is 4.90 Å². The third-order valence-corrected chi connectivity index (χ3v) is 3.64. The highest BCUT2D eigenvalue weighted by Gasteiger charge is 2.34. The van der Waals surface area contributed by atoms with Crippen LogP contribution in [0.1, 0.15) is 19.3 Å². The van der Waals surface area contributed by atoms with Crippen LogP contribution in [0.3, 0.4) is 0 Å². The van der Waals surface area contributed by atoms with Crippen molar-refractivity contribution in [3.63, 3.8) is 0 Å². The average molecular weight is 143 g/mol. The maximum atomic E-state index is 3.05. The van der Waals surface area contributed by atoms with E-state index in [0.29, 0.717) is 5.16 Å². The van der Waals surface area contributed by atoms with Crippen molar-refractivity contribution in [1.29, 1.82) is 0 Å². The molecule has 1 atom stereocenters. The van der Waals surface area contributed by atoms with Gasteiger partial charge in [0.1, 0.15) is 0 Å². The lowest BCUT2D eigenvalue weighted by Crippen LogP contribution is -2.48. The molecule has 9 heavy (non-hydrogen) atoms. The van der Waals surface area contributed by atoms with Crippen LogP contribution in [0.2, 0.25) is 0 Å². The third kappa shape index (κ3) is 1.01. The summed E-state index contributed by atoms with van der Waals surface area (Å²) in [5, 5.41) is 0.661. The molecule has 2 heteroatoms. The summed E-state index contributed by atoms with van der Waals surface area (Å²) in [4.78, 5) is 2.58. The van der Waals surface area contributed by atoms with Gasteiger partial charge in [0.15, 0.2) is 0 Å². The Morgan fingerprint density at radius 1 is 1.00 bits per heavy atom. The van der Waals surface area contributed by atoms with Crippen molar-refractivity contribution in [3.05, 3.63) is 0 Å². The van der Waals surface area contributed by atoms with Crippen LogP contribution in [-0.2, 0) is 0 Å². The van der Waals surface area contributed by atoms with E-state index in [1.54, 1.807) is 0 Å². The maximum absolute atomic E-state index is 3.05. The van der Waals surface area contributed by atoms with Gasteiger partial charge in [0.2, 0.25) is 0 Å². The first kappa shape index (κ1) is 6.12. The monoisotopic (exact) mass is 143 g/mol. The highest BCUT2D eigenvalue weighted by molar-refractivity contribution is 7.19. The Kier molecular flexibility index (Phi) is 1.32. The van der Waals surface area contributed by atoms with Crippen LogP contribution >= 0.6 is 9.24 Å². The lowest BCUT2D eigenvalue weighted by molar-refractivity contribution is 0.131. The van der Waals surface area contributed by atoms with Crippen molar-refractivity contribution in [1.82, 2.24) is 4.90 Å². The van der Waals surface area contributed by atoms with E-state index in [2.05, 4.69) is 14.1 Å². The van der Waals surface area contributed by atoms with Gasteiger partial charge >= 0.3 is 0 Å². The summed E-state index contributed by atoms with van der Waals surface area (Å²) in [6.45, 7) is 4.05. The number of fused-ring (bicyclic) bond motifs is 3. The summed E-state index contributed by atoms with van der Waals surface area (Å²) < 4.78 is 0. The van der Waals surface area contributed by atoms with Crippen LogP contribution < -0.4 is 0 Å². The van der Waals surface area contributed by atoms with Gasteiger partial charge in [-0.2, -0.15) is 0 Å². The first-order valence-electron chi connectivity index (χ1n) is 3.80. The largest absolute Gasteiger partial charge is 0.303 e. The summed E-state index contributed by atoms with van der Waals surface area (Å²) >= 11 is 0. The van der Waals surface area contributed by atoms with Gasteiger partial charge in [-0.05, 0) is 44.1 Å². The van der Waals surface area contributed by atoms with Gasteiger partial charge in [-0.15, -0.1) is 9.24 Å². The van der Waals surface area contributed by atoms with Crippen LogP contribution in [0.15, 0.2) is 0 Å². The van der Waals surface area contributed by atoms with Crippen LogP contribution in [0.4, 0.5) is 0 Å². The van der Waals surface area contributed by atoms with Crippen LogP contribution in [0.5, 0.6) is 0 Å². The minimum absolute atomic E-state index is 0.661. The molecule has 1 nitrogen and oxygen atoms in total. The molecule has 52 valence electrons. The molecule has 3 fully saturated rings. The highest BCUT2D eigenvalue weighted by Crippen LogP contribution is 2.39. The SMILES string of the molecule is PC12CCN(CC1)CC2. The molecule has 0 radical (unpaired) electrons. The molecule has 0 aromatic heterocycles. The van der Waals surface area contributed by atoms with Gasteiger partial charge in [-0.3, -0.25) is 0 Å². The molecule has 3 aliphatic rings. The van der Waals surface area contributed by atoms with E-state index in [0.717, 1.165) is 0 Å². The van der Waals surface area contributed by atoms with Crippen LogP contribution in [0, 0.1) is 0 Å². The van der Waals surface area contributed by atoms with Crippen LogP contribution in [-0.4, -0.2) is 29.7 Å². The Morgan fingerprint density at radius 3 is 1.67 bits per heavy atom. The van der Waals surface area contributed by atoms with Crippen LogP contribution in [0.25, 0.3) is 0 Å². The molecule has 0 amide bonds. The predicted octanol–water partition coefficient (Wildman–Crippen LogP) is 1.10. The standard InChI is InChI=1S/C7H14NP/c9-7-1-4-8(5-2-7)6-3-7/h1-6,9H2. The lowest BCUT2D eigenvalue weighted by atomic mass is 9.87. The number of hydrogen-bond donors (Lipinski definition) is 0. The van der Waals surface area contributed by atoms with E-state index in [1.165, 1.54) is 38.9 Å². The highest BCUT2D eigenvalue weighted by atomic mass is 31.0. The minimum Gasteiger partial charge on any atom is -0.303 e. The van der Waals surface area contributed by atoms with E-state index in [-0.39, 0.29) is 0 Å². The molecule has 2 bridgehead atoms. The molecule has 3 rings (SSSR count). The molecule has 0 aromatic carbocycles. The van der Waals surface area contributed by atoms with E-state index >= 15 is 0 Å². The first-order valence-corrected chi connectivity index (χ1v) is 4.38. The summed E-state index contributed by atoms with van der Waals surface area (Å²) in [5.41, 5.74) is 0. The Bertz CT molecular complexity index is 102. The second-order valence-corrected chi connectivity index (χ2v) is 4.68. The molecule has 1 unspecified atom stereocenters. The molecule has 3 aliphatic heterocycles. The van der Waals surface area contributed by atoms with E-state index in [1.807, 2.05) is 0 Å². The Hall–Kier alpha value is 0.390. The summed E-state index contributed by atoms with van der Waals surface area (Å²) in [6, 6.07) is 0. The topological polar surface area (TPSA) is 3.24 Å². The second-order valence-electron chi connectivity index (χ2n) is 3.45. The normalized spacial score (nSPS) is 49.7. The molecule has 0 spiro atoms. The van der Waals surface area contributed by atoms with Crippen molar-refractivity contribution in [3.8, 4) is 0 Å². The smallest absolute Gasteiger partial charge is 0.00102 e. The summed E-state index contributed by atoms with van der Waals surface area (Å²) in [5.74, 6) is 0. The zero-order valence-corrected chi connectivity index (χ0v) is 6.92. The molecule has 3 saturated heterocycles. The number of hydrogen-bond acceptors (Lipinski definition) is 1. The molecule has 0 N–H and O–H groups in total. The van der Waals surface area contributed by atoms with Crippen molar-refractivity contribution in [2.24, 2.45) is 0 Å². The number of nitrogens with zero attached hydrogens (tertiary/aromatic N) is 1.